The predicted molar refractivity (Wildman–Crippen MR) is 85.7 cm³/mol. The highest BCUT2D eigenvalue weighted by molar-refractivity contribution is 7.89. The third kappa shape index (κ3) is 4.05. The Morgan fingerprint density at radius 1 is 1.10 bits per heavy atom. The van der Waals surface area contributed by atoms with Crippen molar-refractivity contribution < 1.29 is 8.42 Å². The molecular formula is C16H26N2O2S. The molecule has 0 saturated heterocycles. The highest BCUT2D eigenvalue weighted by Gasteiger charge is 2.27. The molecule has 0 aromatic heterocycles. The standard InChI is InChI=1S/C16H26N2O2S/c1-16(2,3)12-8-10-13(11-9-12)21(19,20)18-15-7-5-4-6-14(15)17/h8-11,14-15,18H,4-7,17H2,1-3H3/t14-,15-/m1/s1. The normalized spacial score (nSPS) is 24.0. The van der Waals surface area contributed by atoms with E-state index in [-0.39, 0.29) is 17.5 Å². The van der Waals surface area contributed by atoms with Crippen LogP contribution in [0.25, 0.3) is 0 Å². The molecule has 3 N–H and O–H groups in total. The van der Waals surface area contributed by atoms with Crippen molar-refractivity contribution in [1.82, 2.24) is 4.72 Å². The molecule has 1 saturated carbocycles. The van der Waals surface area contributed by atoms with E-state index in [2.05, 4.69) is 25.5 Å². The molecule has 0 aliphatic heterocycles. The first kappa shape index (κ1) is 16.5. The monoisotopic (exact) mass is 310 g/mol. The largest absolute Gasteiger partial charge is 0.326 e. The summed E-state index contributed by atoms with van der Waals surface area (Å²) in [5.74, 6) is 0. The van der Waals surface area contributed by atoms with E-state index < -0.39 is 10.0 Å². The molecule has 2 atom stereocenters. The summed E-state index contributed by atoms with van der Waals surface area (Å²) >= 11 is 0. The molecule has 4 nitrogen and oxygen atoms in total. The zero-order valence-electron chi connectivity index (χ0n) is 13.1. The van der Waals surface area contributed by atoms with E-state index in [4.69, 9.17) is 5.73 Å². The second-order valence-corrected chi connectivity index (χ2v) is 8.66. The van der Waals surface area contributed by atoms with Gasteiger partial charge in [0.05, 0.1) is 4.90 Å². The fourth-order valence-electron chi connectivity index (χ4n) is 2.71. The first-order valence-corrected chi connectivity index (χ1v) is 9.07. The smallest absolute Gasteiger partial charge is 0.240 e. The summed E-state index contributed by atoms with van der Waals surface area (Å²) < 4.78 is 27.6. The number of rotatable bonds is 3. The Morgan fingerprint density at radius 2 is 1.67 bits per heavy atom. The average Bonchev–Trinajstić information content (AvgIpc) is 2.40. The van der Waals surface area contributed by atoms with Gasteiger partial charge >= 0.3 is 0 Å². The van der Waals surface area contributed by atoms with Gasteiger partial charge in [-0.25, -0.2) is 13.1 Å². The Hall–Kier alpha value is -0.910. The van der Waals surface area contributed by atoms with Crippen molar-refractivity contribution in [2.75, 3.05) is 0 Å². The molecule has 1 fully saturated rings. The van der Waals surface area contributed by atoms with Crippen LogP contribution in [0.2, 0.25) is 0 Å². The number of nitrogens with one attached hydrogen (secondary N) is 1. The molecule has 0 unspecified atom stereocenters. The van der Waals surface area contributed by atoms with Crippen LogP contribution in [0.1, 0.15) is 52.0 Å². The third-order valence-electron chi connectivity index (χ3n) is 4.16. The van der Waals surface area contributed by atoms with Crippen molar-refractivity contribution in [3.8, 4) is 0 Å². The lowest BCUT2D eigenvalue weighted by Crippen LogP contribution is -2.49. The quantitative estimate of drug-likeness (QED) is 0.901. The molecule has 1 aromatic carbocycles. The van der Waals surface area contributed by atoms with Gasteiger partial charge in [0, 0.05) is 12.1 Å². The van der Waals surface area contributed by atoms with Crippen molar-refractivity contribution >= 4 is 10.0 Å². The van der Waals surface area contributed by atoms with E-state index >= 15 is 0 Å². The molecule has 1 aliphatic carbocycles. The van der Waals surface area contributed by atoms with Crippen molar-refractivity contribution in [2.45, 2.75) is 68.8 Å². The van der Waals surface area contributed by atoms with Crippen LogP contribution in [-0.2, 0) is 15.4 Å². The van der Waals surface area contributed by atoms with Crippen LogP contribution >= 0.6 is 0 Å². The zero-order chi connectivity index (χ0) is 15.7. The van der Waals surface area contributed by atoms with Crippen LogP contribution in [0, 0.1) is 0 Å². The fraction of sp³-hybridized carbons (Fsp3) is 0.625. The second kappa shape index (κ2) is 6.07. The fourth-order valence-corrected chi connectivity index (χ4v) is 4.03. The minimum atomic E-state index is -3.49. The van der Waals surface area contributed by atoms with E-state index in [0.29, 0.717) is 4.90 Å². The maximum Gasteiger partial charge on any atom is 0.240 e. The van der Waals surface area contributed by atoms with Crippen LogP contribution in [0.3, 0.4) is 0 Å². The first-order valence-electron chi connectivity index (χ1n) is 7.58. The number of hydrogen-bond donors (Lipinski definition) is 2. The maximum absolute atomic E-state index is 12.4. The summed E-state index contributed by atoms with van der Waals surface area (Å²) in [6.45, 7) is 6.32. The Kier molecular flexibility index (Phi) is 4.76. The molecule has 21 heavy (non-hydrogen) atoms. The lowest BCUT2D eigenvalue weighted by molar-refractivity contribution is 0.361. The predicted octanol–water partition coefficient (Wildman–Crippen LogP) is 2.53. The maximum atomic E-state index is 12.4. The first-order chi connectivity index (χ1) is 9.70. The Bertz CT molecular complexity index is 573. The summed E-state index contributed by atoms with van der Waals surface area (Å²) in [5.41, 5.74) is 7.15. The van der Waals surface area contributed by atoms with E-state index in [0.717, 1.165) is 31.2 Å². The molecule has 5 heteroatoms. The zero-order valence-corrected chi connectivity index (χ0v) is 13.9. The van der Waals surface area contributed by atoms with E-state index in [9.17, 15) is 8.42 Å². The van der Waals surface area contributed by atoms with Gasteiger partial charge in [-0.05, 0) is 36.0 Å². The molecule has 0 radical (unpaired) electrons. The van der Waals surface area contributed by atoms with E-state index in [1.165, 1.54) is 0 Å². The third-order valence-corrected chi connectivity index (χ3v) is 5.66. The number of sulfonamides is 1. The lowest BCUT2D eigenvalue weighted by atomic mass is 9.87. The number of nitrogens with two attached hydrogens (primary N) is 1. The molecule has 1 aromatic rings. The summed E-state index contributed by atoms with van der Waals surface area (Å²) in [4.78, 5) is 0.313. The van der Waals surface area contributed by atoms with Crippen molar-refractivity contribution in [3.63, 3.8) is 0 Å². The van der Waals surface area contributed by atoms with Gasteiger partial charge < -0.3 is 5.73 Å². The van der Waals surface area contributed by atoms with Crippen LogP contribution in [0.15, 0.2) is 29.2 Å². The molecule has 0 spiro atoms. The Balaban J connectivity index is 2.16. The van der Waals surface area contributed by atoms with Crippen LogP contribution < -0.4 is 10.5 Å². The summed E-state index contributed by atoms with van der Waals surface area (Å²) in [6, 6.07) is 6.90. The van der Waals surface area contributed by atoms with Crippen molar-refractivity contribution in [1.29, 1.82) is 0 Å². The molecule has 0 bridgehead atoms. The summed E-state index contributed by atoms with van der Waals surface area (Å²) in [6.07, 6.45) is 3.82. The highest BCUT2D eigenvalue weighted by atomic mass is 32.2. The van der Waals surface area contributed by atoms with Crippen LogP contribution in [-0.4, -0.2) is 20.5 Å². The van der Waals surface area contributed by atoms with Gasteiger partial charge in [-0.15, -0.1) is 0 Å². The lowest BCUT2D eigenvalue weighted by Gasteiger charge is -2.29. The van der Waals surface area contributed by atoms with Gasteiger partial charge in [-0.2, -0.15) is 0 Å². The van der Waals surface area contributed by atoms with Crippen LogP contribution in [0.4, 0.5) is 0 Å². The molecular weight excluding hydrogens is 284 g/mol. The minimum Gasteiger partial charge on any atom is -0.326 e. The van der Waals surface area contributed by atoms with Gasteiger partial charge in [0.1, 0.15) is 0 Å². The molecule has 1 aliphatic rings. The molecule has 0 amide bonds. The average molecular weight is 310 g/mol. The molecule has 0 heterocycles. The Labute approximate surface area is 128 Å². The Morgan fingerprint density at radius 3 is 2.19 bits per heavy atom. The van der Waals surface area contributed by atoms with Gasteiger partial charge in [0.15, 0.2) is 0 Å². The highest BCUT2D eigenvalue weighted by Crippen LogP contribution is 2.24. The summed E-state index contributed by atoms with van der Waals surface area (Å²) in [7, 11) is -3.49. The van der Waals surface area contributed by atoms with Crippen molar-refractivity contribution in [2.24, 2.45) is 5.73 Å². The SMILES string of the molecule is CC(C)(C)c1ccc(S(=O)(=O)N[C@@H]2CCCC[C@H]2N)cc1. The number of benzene rings is 1. The number of hydrogen-bond acceptors (Lipinski definition) is 3. The van der Waals surface area contributed by atoms with E-state index in [1.807, 2.05) is 12.1 Å². The summed E-state index contributed by atoms with van der Waals surface area (Å²) in [5, 5.41) is 0. The van der Waals surface area contributed by atoms with Gasteiger partial charge in [-0.3, -0.25) is 0 Å². The molecule has 118 valence electrons. The topological polar surface area (TPSA) is 72.2 Å². The second-order valence-electron chi connectivity index (χ2n) is 6.95. The van der Waals surface area contributed by atoms with E-state index in [1.54, 1.807) is 12.1 Å². The molecule has 2 rings (SSSR count). The van der Waals surface area contributed by atoms with Gasteiger partial charge in [-0.1, -0.05) is 45.7 Å². The minimum absolute atomic E-state index is 0.0153. The van der Waals surface area contributed by atoms with Gasteiger partial charge in [0.2, 0.25) is 10.0 Å². The van der Waals surface area contributed by atoms with Crippen molar-refractivity contribution in [3.05, 3.63) is 29.8 Å². The van der Waals surface area contributed by atoms with Crippen LogP contribution in [0.5, 0.6) is 0 Å². The van der Waals surface area contributed by atoms with Gasteiger partial charge in [0.25, 0.3) is 0 Å².